The number of nitrogens with two attached hydrogens (primary N) is 1. The van der Waals surface area contributed by atoms with Crippen LogP contribution in [0.3, 0.4) is 0 Å². The number of halogens is 1. The summed E-state index contributed by atoms with van der Waals surface area (Å²) in [4.78, 5) is 1.16. The van der Waals surface area contributed by atoms with Gasteiger partial charge in [-0.1, -0.05) is 35.9 Å². The van der Waals surface area contributed by atoms with Gasteiger partial charge < -0.3 is 0 Å². The maximum atomic E-state index is 6.25. The van der Waals surface area contributed by atoms with Gasteiger partial charge >= 0.3 is 0 Å². The van der Waals surface area contributed by atoms with E-state index >= 15 is 0 Å². The van der Waals surface area contributed by atoms with Gasteiger partial charge in [0.25, 0.3) is 0 Å². The van der Waals surface area contributed by atoms with Crippen LogP contribution in [0.5, 0.6) is 0 Å². The molecule has 3 rings (SSSR count). The fourth-order valence-corrected chi connectivity index (χ4v) is 4.29. The number of hydrogen-bond donors (Lipinski definition) is 2. The molecule has 100 valence electrons. The van der Waals surface area contributed by atoms with Crippen molar-refractivity contribution in [2.75, 3.05) is 0 Å². The number of aryl methyl sites for hydroxylation is 1. The van der Waals surface area contributed by atoms with Gasteiger partial charge in [-0.3, -0.25) is 11.3 Å². The SMILES string of the molecule is NNC(c1sccc1Cl)C1CCc2ccccc2C1. The Balaban J connectivity index is 1.85. The molecule has 2 atom stereocenters. The molecule has 1 heterocycles. The first-order valence-corrected chi connectivity index (χ1v) is 7.81. The van der Waals surface area contributed by atoms with E-state index in [1.807, 2.05) is 11.4 Å². The lowest BCUT2D eigenvalue weighted by atomic mass is 9.80. The van der Waals surface area contributed by atoms with Crippen LogP contribution < -0.4 is 11.3 Å². The average molecular weight is 293 g/mol. The van der Waals surface area contributed by atoms with Crippen LogP contribution in [0, 0.1) is 5.92 Å². The molecule has 1 aliphatic carbocycles. The zero-order chi connectivity index (χ0) is 13.2. The van der Waals surface area contributed by atoms with Crippen LogP contribution in [0.1, 0.15) is 28.5 Å². The average Bonchev–Trinajstić information content (AvgIpc) is 2.86. The minimum atomic E-state index is 0.154. The van der Waals surface area contributed by atoms with Crippen LogP contribution in [-0.2, 0) is 12.8 Å². The molecular weight excluding hydrogens is 276 g/mol. The van der Waals surface area contributed by atoms with Gasteiger partial charge in [0.1, 0.15) is 0 Å². The van der Waals surface area contributed by atoms with Crippen LogP contribution in [0.15, 0.2) is 35.7 Å². The maximum absolute atomic E-state index is 6.25. The number of hydrogen-bond acceptors (Lipinski definition) is 3. The number of benzene rings is 1. The summed E-state index contributed by atoms with van der Waals surface area (Å²) in [5.41, 5.74) is 5.90. The zero-order valence-corrected chi connectivity index (χ0v) is 12.2. The molecule has 1 aliphatic rings. The topological polar surface area (TPSA) is 38.0 Å². The van der Waals surface area contributed by atoms with Crippen LogP contribution in [0.25, 0.3) is 0 Å². The summed E-state index contributed by atoms with van der Waals surface area (Å²) in [6.45, 7) is 0. The van der Waals surface area contributed by atoms with E-state index in [1.165, 1.54) is 11.1 Å². The van der Waals surface area contributed by atoms with Crippen molar-refractivity contribution in [3.8, 4) is 0 Å². The Kier molecular flexibility index (Phi) is 3.89. The standard InChI is InChI=1S/C15H17ClN2S/c16-13-7-8-19-15(13)14(18-17)12-6-5-10-3-1-2-4-11(10)9-12/h1-4,7-8,12,14,18H,5-6,9,17H2. The Morgan fingerprint density at radius 2 is 2.05 bits per heavy atom. The summed E-state index contributed by atoms with van der Waals surface area (Å²) in [6, 6.07) is 10.8. The van der Waals surface area contributed by atoms with Crippen LogP contribution in [-0.4, -0.2) is 0 Å². The van der Waals surface area contributed by atoms with Crippen molar-refractivity contribution in [2.24, 2.45) is 11.8 Å². The molecule has 0 saturated carbocycles. The first-order valence-electron chi connectivity index (χ1n) is 6.55. The van der Waals surface area contributed by atoms with E-state index in [-0.39, 0.29) is 6.04 Å². The van der Waals surface area contributed by atoms with E-state index in [9.17, 15) is 0 Å². The van der Waals surface area contributed by atoms with Crippen LogP contribution in [0.4, 0.5) is 0 Å². The Morgan fingerprint density at radius 1 is 1.26 bits per heavy atom. The first kappa shape index (κ1) is 13.1. The molecule has 0 amide bonds. The number of hydrazine groups is 1. The quantitative estimate of drug-likeness (QED) is 0.668. The fourth-order valence-electron chi connectivity index (χ4n) is 2.96. The Bertz CT molecular complexity index is 567. The largest absolute Gasteiger partial charge is 0.271 e. The highest BCUT2D eigenvalue weighted by Crippen LogP contribution is 2.38. The van der Waals surface area contributed by atoms with Gasteiger partial charge in [-0.2, -0.15) is 0 Å². The van der Waals surface area contributed by atoms with Crippen molar-refractivity contribution in [3.05, 3.63) is 56.7 Å². The molecule has 2 unspecified atom stereocenters. The minimum Gasteiger partial charge on any atom is -0.271 e. The van der Waals surface area contributed by atoms with Gasteiger partial charge in [-0.05, 0) is 47.8 Å². The van der Waals surface area contributed by atoms with E-state index in [4.69, 9.17) is 17.4 Å². The normalized spacial score (nSPS) is 20.0. The zero-order valence-electron chi connectivity index (χ0n) is 10.6. The Hall–Kier alpha value is -0.870. The first-order chi connectivity index (χ1) is 9.29. The van der Waals surface area contributed by atoms with Gasteiger partial charge in [0, 0.05) is 4.88 Å². The third-order valence-electron chi connectivity index (χ3n) is 3.96. The van der Waals surface area contributed by atoms with Gasteiger partial charge in [0.15, 0.2) is 0 Å². The lowest BCUT2D eigenvalue weighted by molar-refractivity contribution is 0.333. The van der Waals surface area contributed by atoms with Gasteiger partial charge in [0.05, 0.1) is 11.1 Å². The molecule has 0 fully saturated rings. The highest BCUT2D eigenvalue weighted by atomic mass is 35.5. The van der Waals surface area contributed by atoms with E-state index in [2.05, 4.69) is 29.7 Å². The molecule has 1 aromatic carbocycles. The number of fused-ring (bicyclic) bond motifs is 1. The lowest BCUT2D eigenvalue weighted by Crippen LogP contribution is -2.35. The van der Waals surface area contributed by atoms with Crippen molar-refractivity contribution in [2.45, 2.75) is 25.3 Å². The molecule has 1 aromatic heterocycles. The number of thiophene rings is 1. The number of rotatable bonds is 3. The highest BCUT2D eigenvalue weighted by Gasteiger charge is 2.28. The third kappa shape index (κ3) is 2.56. The summed E-state index contributed by atoms with van der Waals surface area (Å²) < 4.78 is 0. The molecule has 3 N–H and O–H groups in total. The predicted octanol–water partition coefficient (Wildman–Crippen LogP) is 3.71. The van der Waals surface area contributed by atoms with Gasteiger partial charge in [-0.15, -0.1) is 11.3 Å². The summed E-state index contributed by atoms with van der Waals surface area (Å²) in [5, 5.41) is 2.85. The lowest BCUT2D eigenvalue weighted by Gasteiger charge is -2.31. The molecule has 19 heavy (non-hydrogen) atoms. The van der Waals surface area contributed by atoms with Gasteiger partial charge in [0.2, 0.25) is 0 Å². The molecule has 0 saturated heterocycles. The summed E-state index contributed by atoms with van der Waals surface area (Å²) in [6.07, 6.45) is 3.35. The third-order valence-corrected chi connectivity index (χ3v) is 5.40. The summed E-state index contributed by atoms with van der Waals surface area (Å²) in [5.74, 6) is 6.29. The van der Waals surface area contributed by atoms with Crippen molar-refractivity contribution in [1.82, 2.24) is 5.43 Å². The second-order valence-electron chi connectivity index (χ2n) is 5.05. The Labute approximate surface area is 122 Å². The molecule has 2 nitrogen and oxygen atoms in total. The smallest absolute Gasteiger partial charge is 0.0599 e. The van der Waals surface area contributed by atoms with Crippen LogP contribution in [0.2, 0.25) is 5.02 Å². The van der Waals surface area contributed by atoms with Crippen molar-refractivity contribution >= 4 is 22.9 Å². The molecule has 0 spiro atoms. The fraction of sp³-hybridized carbons (Fsp3) is 0.333. The molecular formula is C15H17ClN2S. The predicted molar refractivity (Wildman–Crippen MR) is 81.4 cm³/mol. The van der Waals surface area contributed by atoms with Crippen molar-refractivity contribution in [1.29, 1.82) is 0 Å². The summed E-state index contributed by atoms with van der Waals surface area (Å²) in [7, 11) is 0. The van der Waals surface area contributed by atoms with Gasteiger partial charge in [-0.25, -0.2) is 0 Å². The summed E-state index contributed by atoms with van der Waals surface area (Å²) >= 11 is 7.93. The second kappa shape index (κ2) is 5.63. The van der Waals surface area contributed by atoms with Crippen LogP contribution >= 0.6 is 22.9 Å². The number of nitrogens with one attached hydrogen (secondary N) is 1. The minimum absolute atomic E-state index is 0.154. The second-order valence-corrected chi connectivity index (χ2v) is 6.40. The van der Waals surface area contributed by atoms with E-state index in [0.29, 0.717) is 5.92 Å². The van der Waals surface area contributed by atoms with E-state index < -0.39 is 0 Å². The molecule has 0 radical (unpaired) electrons. The van der Waals surface area contributed by atoms with Crippen molar-refractivity contribution in [3.63, 3.8) is 0 Å². The molecule has 2 aromatic rings. The Morgan fingerprint density at radius 3 is 2.74 bits per heavy atom. The molecule has 0 aliphatic heterocycles. The van der Waals surface area contributed by atoms with E-state index in [0.717, 1.165) is 29.2 Å². The van der Waals surface area contributed by atoms with Crippen molar-refractivity contribution < 1.29 is 0 Å². The monoisotopic (exact) mass is 292 g/mol. The van der Waals surface area contributed by atoms with E-state index in [1.54, 1.807) is 11.3 Å². The maximum Gasteiger partial charge on any atom is 0.0599 e. The molecule has 0 bridgehead atoms. The highest BCUT2D eigenvalue weighted by molar-refractivity contribution is 7.10. The molecule has 4 heteroatoms.